The molecule has 0 atom stereocenters. The summed E-state index contributed by atoms with van der Waals surface area (Å²) in [5, 5.41) is 2.06. The zero-order valence-corrected chi connectivity index (χ0v) is 30.4. The van der Waals surface area contributed by atoms with Crippen LogP contribution in [-0.2, 0) is 5.41 Å². The van der Waals surface area contributed by atoms with Gasteiger partial charge in [0.1, 0.15) is 5.65 Å². The summed E-state index contributed by atoms with van der Waals surface area (Å²) in [7, 11) is 0. The molecule has 0 N–H and O–H groups in total. The van der Waals surface area contributed by atoms with E-state index in [9.17, 15) is 0 Å². The van der Waals surface area contributed by atoms with Gasteiger partial charge < -0.3 is 0 Å². The molecule has 4 aliphatic carbocycles. The molecule has 6 heteroatoms. The Morgan fingerprint density at radius 2 is 1.15 bits per heavy atom. The molecule has 0 radical (unpaired) electrons. The van der Waals surface area contributed by atoms with Crippen molar-refractivity contribution in [3.8, 4) is 51.0 Å². The van der Waals surface area contributed by atoms with Gasteiger partial charge in [0, 0.05) is 39.3 Å². The standard InChI is InChI=1S/C49H38N6/c1-50-39-22-18-37(19-23-39)46-52-45(36-14-12-34(13-15-36)35-16-20-38(21-17-35)49-28-31-25-32(29-49)27-33(26-31)30-49)53-47(54-46)41-9-5-11-43-44(41)42-10-6-24-51-48(42)55(43)40-7-3-2-4-8-40/h2-24,31-33H,25-30H2. The summed E-state index contributed by atoms with van der Waals surface area (Å²) in [6, 6.07) is 46.3. The van der Waals surface area contributed by atoms with E-state index in [0.717, 1.165) is 62.1 Å². The Bertz CT molecular complexity index is 2740. The third-order valence-electron chi connectivity index (χ3n) is 12.7. The molecule has 6 nitrogen and oxygen atoms in total. The highest BCUT2D eigenvalue weighted by Crippen LogP contribution is 2.60. The first kappa shape index (κ1) is 32.0. The Morgan fingerprint density at radius 3 is 1.78 bits per heavy atom. The second-order valence-corrected chi connectivity index (χ2v) is 16.1. The minimum atomic E-state index is 0.402. The van der Waals surface area contributed by atoms with E-state index in [0.29, 0.717) is 28.6 Å². The van der Waals surface area contributed by atoms with Crippen LogP contribution in [0.15, 0.2) is 140 Å². The van der Waals surface area contributed by atoms with Crippen molar-refractivity contribution in [3.05, 3.63) is 157 Å². The minimum Gasteiger partial charge on any atom is -0.294 e. The fraction of sp³-hybridized carbons (Fsp3) is 0.204. The van der Waals surface area contributed by atoms with Gasteiger partial charge in [0.05, 0.1) is 12.1 Å². The maximum absolute atomic E-state index is 7.47. The van der Waals surface area contributed by atoms with E-state index in [1.165, 1.54) is 49.7 Å². The minimum absolute atomic E-state index is 0.402. The SMILES string of the molecule is [C-]#[N+]c1ccc(-c2nc(-c3ccc(-c4ccc(C56CC7CC(CC(C7)C5)C6)cc4)cc3)nc(-c3cccc4c3c3cccnc3n4-c3ccccc3)n2)cc1. The lowest BCUT2D eigenvalue weighted by Gasteiger charge is -2.57. The van der Waals surface area contributed by atoms with Gasteiger partial charge >= 0.3 is 0 Å². The van der Waals surface area contributed by atoms with E-state index in [1.807, 2.05) is 54.7 Å². The number of aromatic nitrogens is 5. The van der Waals surface area contributed by atoms with Crippen molar-refractivity contribution in [1.29, 1.82) is 0 Å². The van der Waals surface area contributed by atoms with E-state index >= 15 is 0 Å². The van der Waals surface area contributed by atoms with Gasteiger partial charge in [-0.05, 0) is 109 Å². The molecule has 3 aromatic heterocycles. The second-order valence-electron chi connectivity index (χ2n) is 16.1. The predicted octanol–water partition coefficient (Wildman–Crippen LogP) is 12.1. The third kappa shape index (κ3) is 5.37. The quantitative estimate of drug-likeness (QED) is 0.161. The highest BCUT2D eigenvalue weighted by Gasteiger charge is 2.51. The van der Waals surface area contributed by atoms with Crippen LogP contribution in [0.2, 0.25) is 0 Å². The lowest BCUT2D eigenvalue weighted by molar-refractivity contribution is -0.00518. The van der Waals surface area contributed by atoms with Crippen LogP contribution in [0.4, 0.5) is 5.69 Å². The summed E-state index contributed by atoms with van der Waals surface area (Å²) < 4.78 is 2.20. The summed E-state index contributed by atoms with van der Waals surface area (Å²) >= 11 is 0. The molecule has 264 valence electrons. The molecule has 0 saturated heterocycles. The molecule has 0 aliphatic heterocycles. The molecule has 55 heavy (non-hydrogen) atoms. The molecule has 4 bridgehead atoms. The van der Waals surface area contributed by atoms with Crippen molar-refractivity contribution >= 4 is 27.6 Å². The van der Waals surface area contributed by atoms with Crippen molar-refractivity contribution in [1.82, 2.24) is 24.5 Å². The molecular formula is C49H38N6. The van der Waals surface area contributed by atoms with Crippen LogP contribution in [-0.4, -0.2) is 24.5 Å². The summed E-state index contributed by atoms with van der Waals surface area (Å²) in [6.07, 6.45) is 10.4. The number of hydrogen-bond acceptors (Lipinski definition) is 4. The van der Waals surface area contributed by atoms with Gasteiger partial charge in [-0.2, -0.15) is 0 Å². The van der Waals surface area contributed by atoms with Gasteiger partial charge in [0.25, 0.3) is 0 Å². The summed E-state index contributed by atoms with van der Waals surface area (Å²) in [5.41, 5.74) is 10.5. The van der Waals surface area contributed by atoms with Crippen LogP contribution < -0.4 is 0 Å². The lowest BCUT2D eigenvalue weighted by atomic mass is 9.48. The Labute approximate surface area is 320 Å². The molecule has 12 rings (SSSR count). The van der Waals surface area contributed by atoms with Crippen LogP contribution in [0.5, 0.6) is 0 Å². The lowest BCUT2D eigenvalue weighted by Crippen LogP contribution is -2.48. The van der Waals surface area contributed by atoms with Crippen molar-refractivity contribution in [2.24, 2.45) is 17.8 Å². The number of para-hydroxylation sites is 1. The molecule has 0 spiro atoms. The monoisotopic (exact) mass is 710 g/mol. The van der Waals surface area contributed by atoms with Gasteiger partial charge in [-0.25, -0.2) is 24.8 Å². The maximum Gasteiger partial charge on any atom is 0.187 e. The molecule has 3 heterocycles. The Kier molecular flexibility index (Phi) is 7.32. The van der Waals surface area contributed by atoms with E-state index < -0.39 is 0 Å². The van der Waals surface area contributed by atoms with E-state index in [1.54, 1.807) is 5.56 Å². The first-order chi connectivity index (χ1) is 27.1. The van der Waals surface area contributed by atoms with Gasteiger partial charge in [-0.3, -0.25) is 4.57 Å². The first-order valence-corrected chi connectivity index (χ1v) is 19.5. The van der Waals surface area contributed by atoms with Gasteiger partial charge in [-0.1, -0.05) is 103 Å². The van der Waals surface area contributed by atoms with Crippen LogP contribution in [0.3, 0.4) is 0 Å². The normalized spacial score (nSPS) is 21.3. The van der Waals surface area contributed by atoms with Crippen LogP contribution in [0.1, 0.15) is 44.1 Å². The zero-order chi connectivity index (χ0) is 36.5. The second kappa shape index (κ2) is 12.6. The summed E-state index contributed by atoms with van der Waals surface area (Å²) in [5.74, 6) is 4.55. The van der Waals surface area contributed by atoms with Gasteiger partial charge in [0.2, 0.25) is 0 Å². The average Bonchev–Trinajstić information content (AvgIpc) is 3.58. The van der Waals surface area contributed by atoms with Crippen molar-refractivity contribution in [2.45, 2.75) is 43.9 Å². The van der Waals surface area contributed by atoms with Crippen molar-refractivity contribution < 1.29 is 0 Å². The van der Waals surface area contributed by atoms with Crippen LogP contribution in [0, 0.1) is 24.3 Å². The summed E-state index contributed by atoms with van der Waals surface area (Å²) in [4.78, 5) is 23.8. The number of fused-ring (bicyclic) bond motifs is 3. The van der Waals surface area contributed by atoms with Crippen molar-refractivity contribution in [3.63, 3.8) is 0 Å². The molecule has 4 saturated carbocycles. The largest absolute Gasteiger partial charge is 0.294 e. The number of nitrogens with zero attached hydrogens (tertiary/aromatic N) is 6. The number of hydrogen-bond donors (Lipinski definition) is 0. The van der Waals surface area contributed by atoms with Gasteiger partial charge in [-0.15, -0.1) is 0 Å². The molecule has 8 aromatic rings. The fourth-order valence-electron chi connectivity index (χ4n) is 10.7. The Hall–Kier alpha value is -6.45. The molecular weight excluding hydrogens is 673 g/mol. The van der Waals surface area contributed by atoms with Crippen LogP contribution >= 0.6 is 0 Å². The van der Waals surface area contributed by atoms with E-state index in [4.69, 9.17) is 26.5 Å². The first-order valence-electron chi connectivity index (χ1n) is 19.5. The smallest absolute Gasteiger partial charge is 0.187 e. The topological polar surface area (TPSA) is 60.9 Å². The Morgan fingerprint density at radius 1 is 0.564 bits per heavy atom. The third-order valence-corrected chi connectivity index (χ3v) is 12.7. The van der Waals surface area contributed by atoms with E-state index in [-0.39, 0.29) is 0 Å². The number of benzene rings is 5. The Balaban J connectivity index is 0.999. The zero-order valence-electron chi connectivity index (χ0n) is 30.4. The predicted molar refractivity (Wildman–Crippen MR) is 220 cm³/mol. The molecule has 4 aliphatic rings. The van der Waals surface area contributed by atoms with Crippen molar-refractivity contribution in [2.75, 3.05) is 0 Å². The molecule has 0 amide bonds. The summed E-state index contributed by atoms with van der Waals surface area (Å²) in [6.45, 7) is 7.47. The molecule has 4 fully saturated rings. The molecule has 5 aromatic carbocycles. The maximum atomic E-state index is 7.47. The van der Waals surface area contributed by atoms with Crippen LogP contribution in [0.25, 0.3) is 77.8 Å². The number of pyridine rings is 1. The van der Waals surface area contributed by atoms with E-state index in [2.05, 4.69) is 94.3 Å². The fourth-order valence-corrected chi connectivity index (χ4v) is 10.7. The molecule has 0 unspecified atom stereocenters. The highest BCUT2D eigenvalue weighted by molar-refractivity contribution is 6.14. The highest BCUT2D eigenvalue weighted by atomic mass is 15.1. The van der Waals surface area contributed by atoms with Gasteiger partial charge in [0.15, 0.2) is 23.2 Å². The number of rotatable bonds is 6. The average molecular weight is 711 g/mol.